The average molecular weight is 506 g/mol. The summed E-state index contributed by atoms with van der Waals surface area (Å²) in [5.74, 6) is 0.294. The molecule has 5 rings (SSSR count). The lowest BCUT2D eigenvalue weighted by Crippen LogP contribution is -2.28. The molecule has 0 unspecified atom stereocenters. The van der Waals surface area contributed by atoms with Crippen molar-refractivity contribution in [2.45, 2.75) is 51.9 Å². The second-order valence-corrected chi connectivity index (χ2v) is 9.16. The molecule has 0 N–H and O–H groups in total. The van der Waals surface area contributed by atoms with Crippen molar-refractivity contribution in [1.29, 1.82) is 0 Å². The maximum Gasteiger partial charge on any atom is 0.433 e. The first-order valence-electron chi connectivity index (χ1n) is 12.3. The van der Waals surface area contributed by atoms with Crippen LogP contribution in [0.25, 0.3) is 11.3 Å². The molecule has 0 saturated carbocycles. The SMILES string of the molecule is CCc1ccc2c(c1)CCn1c-2cc(OCc2ccc(CCc3ccc(C(F)(F)F)nc3)cc2)nc1=O. The summed E-state index contributed by atoms with van der Waals surface area (Å²) < 4.78 is 45.6. The number of aryl methyl sites for hydroxylation is 4. The second-order valence-electron chi connectivity index (χ2n) is 9.16. The van der Waals surface area contributed by atoms with E-state index in [-0.39, 0.29) is 12.3 Å². The van der Waals surface area contributed by atoms with Gasteiger partial charge in [-0.1, -0.05) is 55.5 Å². The van der Waals surface area contributed by atoms with E-state index >= 15 is 0 Å². The van der Waals surface area contributed by atoms with E-state index in [2.05, 4.69) is 35.1 Å². The Bertz CT molecular complexity index is 1460. The van der Waals surface area contributed by atoms with Gasteiger partial charge in [-0.05, 0) is 59.6 Å². The Morgan fingerprint density at radius 3 is 2.32 bits per heavy atom. The Kier molecular flexibility index (Phi) is 6.82. The fraction of sp³-hybridized carbons (Fsp3) is 0.276. The van der Waals surface area contributed by atoms with Crippen molar-refractivity contribution in [3.8, 4) is 17.1 Å². The van der Waals surface area contributed by atoms with Gasteiger partial charge in [-0.25, -0.2) is 4.79 Å². The predicted molar refractivity (Wildman–Crippen MR) is 134 cm³/mol. The third-order valence-electron chi connectivity index (χ3n) is 6.67. The molecule has 0 atom stereocenters. The van der Waals surface area contributed by atoms with Crippen LogP contribution in [0.3, 0.4) is 0 Å². The van der Waals surface area contributed by atoms with Crippen molar-refractivity contribution in [2.24, 2.45) is 0 Å². The minimum Gasteiger partial charge on any atom is -0.473 e. The van der Waals surface area contributed by atoms with E-state index < -0.39 is 11.9 Å². The van der Waals surface area contributed by atoms with Crippen LogP contribution in [0, 0.1) is 0 Å². The summed E-state index contributed by atoms with van der Waals surface area (Å²) in [6, 6.07) is 18.5. The largest absolute Gasteiger partial charge is 0.473 e. The van der Waals surface area contributed by atoms with Gasteiger partial charge in [-0.3, -0.25) is 9.55 Å². The van der Waals surface area contributed by atoms with Gasteiger partial charge >= 0.3 is 11.9 Å². The van der Waals surface area contributed by atoms with E-state index in [1.165, 1.54) is 23.4 Å². The van der Waals surface area contributed by atoms with Gasteiger partial charge in [0.05, 0.1) is 5.69 Å². The second kappa shape index (κ2) is 10.2. The smallest absolute Gasteiger partial charge is 0.433 e. The molecule has 0 spiro atoms. The minimum atomic E-state index is -4.43. The number of hydrogen-bond acceptors (Lipinski definition) is 4. The van der Waals surface area contributed by atoms with Crippen LogP contribution in [0.1, 0.15) is 40.4 Å². The molecule has 0 saturated heterocycles. The van der Waals surface area contributed by atoms with Crippen LogP contribution in [0.4, 0.5) is 13.2 Å². The lowest BCUT2D eigenvalue weighted by Gasteiger charge is -2.22. The van der Waals surface area contributed by atoms with Crippen molar-refractivity contribution in [3.63, 3.8) is 0 Å². The van der Waals surface area contributed by atoms with Gasteiger partial charge in [0, 0.05) is 24.4 Å². The minimum absolute atomic E-state index is 0.265. The van der Waals surface area contributed by atoms with E-state index in [4.69, 9.17) is 4.74 Å². The summed E-state index contributed by atoms with van der Waals surface area (Å²) >= 11 is 0. The topological polar surface area (TPSA) is 57.0 Å². The molecule has 37 heavy (non-hydrogen) atoms. The molecule has 0 aliphatic carbocycles. The molecule has 0 fully saturated rings. The number of nitrogens with zero attached hydrogens (tertiary/aromatic N) is 3. The Labute approximate surface area is 212 Å². The molecule has 190 valence electrons. The van der Waals surface area contributed by atoms with Crippen molar-refractivity contribution >= 4 is 0 Å². The number of pyridine rings is 1. The Morgan fingerprint density at radius 2 is 1.62 bits per heavy atom. The molecular weight excluding hydrogens is 479 g/mol. The van der Waals surface area contributed by atoms with Crippen molar-refractivity contribution in [3.05, 3.63) is 111 Å². The maximum atomic E-state index is 12.7. The molecule has 2 aromatic heterocycles. The van der Waals surface area contributed by atoms with Crippen LogP contribution >= 0.6 is 0 Å². The summed E-state index contributed by atoms with van der Waals surface area (Å²) in [5, 5.41) is 0. The molecular formula is C29H26F3N3O2. The highest BCUT2D eigenvalue weighted by Gasteiger charge is 2.32. The lowest BCUT2D eigenvalue weighted by atomic mass is 9.95. The zero-order chi connectivity index (χ0) is 26.0. The summed E-state index contributed by atoms with van der Waals surface area (Å²) in [6.45, 7) is 2.99. The molecule has 0 bridgehead atoms. The highest BCUT2D eigenvalue weighted by Crippen LogP contribution is 2.31. The number of ether oxygens (including phenoxy) is 1. The van der Waals surface area contributed by atoms with Gasteiger partial charge < -0.3 is 4.74 Å². The van der Waals surface area contributed by atoms with Crippen LogP contribution < -0.4 is 10.4 Å². The molecule has 1 aliphatic rings. The molecule has 2 aromatic carbocycles. The number of halogens is 3. The van der Waals surface area contributed by atoms with Gasteiger partial charge in [-0.2, -0.15) is 18.2 Å². The molecule has 5 nitrogen and oxygen atoms in total. The zero-order valence-electron chi connectivity index (χ0n) is 20.4. The van der Waals surface area contributed by atoms with Crippen LogP contribution in [-0.2, 0) is 45.0 Å². The Balaban J connectivity index is 1.22. The number of aromatic nitrogens is 3. The van der Waals surface area contributed by atoms with Crippen LogP contribution in [-0.4, -0.2) is 14.5 Å². The standard InChI is InChI=1S/C29H26F3N3O2/c1-2-19-9-11-24-23(15-19)13-14-35-25(24)16-27(34-28(35)36)37-18-22-7-4-20(5-8-22)3-6-21-10-12-26(33-17-21)29(30,31)32/h4-5,7-12,15-17H,2-3,6,13-14,18H2,1H3. The van der Waals surface area contributed by atoms with Gasteiger partial charge in [0.2, 0.25) is 5.88 Å². The summed E-state index contributed by atoms with van der Waals surface area (Å²) in [7, 11) is 0. The molecule has 4 aromatic rings. The first-order chi connectivity index (χ1) is 17.8. The molecule has 3 heterocycles. The van der Waals surface area contributed by atoms with Crippen LogP contribution in [0.15, 0.2) is 71.7 Å². The van der Waals surface area contributed by atoms with Gasteiger partial charge in [0.15, 0.2) is 0 Å². The van der Waals surface area contributed by atoms with Crippen molar-refractivity contribution in [1.82, 2.24) is 14.5 Å². The van der Waals surface area contributed by atoms with E-state index in [1.54, 1.807) is 4.57 Å². The number of rotatable bonds is 7. The summed E-state index contributed by atoms with van der Waals surface area (Å²) in [5.41, 5.74) is 5.91. The first kappa shape index (κ1) is 24.7. The maximum absolute atomic E-state index is 12.7. The Morgan fingerprint density at radius 1 is 0.919 bits per heavy atom. The van der Waals surface area contributed by atoms with Crippen LogP contribution in [0.5, 0.6) is 5.88 Å². The third-order valence-corrected chi connectivity index (χ3v) is 6.67. The van der Waals surface area contributed by atoms with Gasteiger partial charge in [0.25, 0.3) is 0 Å². The predicted octanol–water partition coefficient (Wildman–Crippen LogP) is 5.81. The fourth-order valence-corrected chi connectivity index (χ4v) is 4.54. The number of benzene rings is 2. The van der Waals surface area contributed by atoms with Crippen LogP contribution in [0.2, 0.25) is 0 Å². The lowest BCUT2D eigenvalue weighted by molar-refractivity contribution is -0.141. The first-order valence-corrected chi connectivity index (χ1v) is 12.3. The molecule has 0 amide bonds. The summed E-state index contributed by atoms with van der Waals surface area (Å²) in [4.78, 5) is 20.3. The summed E-state index contributed by atoms with van der Waals surface area (Å²) in [6.07, 6.45) is -0.111. The average Bonchev–Trinajstić information content (AvgIpc) is 2.90. The van der Waals surface area contributed by atoms with E-state index in [0.29, 0.717) is 25.3 Å². The normalized spacial score (nSPS) is 12.6. The third kappa shape index (κ3) is 5.58. The van der Waals surface area contributed by atoms with Crippen molar-refractivity contribution in [2.75, 3.05) is 0 Å². The Hall–Kier alpha value is -3.94. The number of fused-ring (bicyclic) bond motifs is 3. The quantitative estimate of drug-likeness (QED) is 0.318. The van der Waals surface area contributed by atoms with Gasteiger partial charge in [-0.15, -0.1) is 0 Å². The highest BCUT2D eigenvalue weighted by atomic mass is 19.4. The fourth-order valence-electron chi connectivity index (χ4n) is 4.54. The van der Waals surface area contributed by atoms with E-state index in [0.717, 1.165) is 46.9 Å². The van der Waals surface area contributed by atoms with Gasteiger partial charge in [0.1, 0.15) is 12.3 Å². The van der Waals surface area contributed by atoms with Crippen molar-refractivity contribution < 1.29 is 17.9 Å². The monoisotopic (exact) mass is 505 g/mol. The number of hydrogen-bond donors (Lipinski definition) is 0. The highest BCUT2D eigenvalue weighted by molar-refractivity contribution is 5.67. The molecule has 8 heteroatoms. The number of alkyl halides is 3. The molecule has 0 radical (unpaired) electrons. The zero-order valence-corrected chi connectivity index (χ0v) is 20.4. The van der Waals surface area contributed by atoms with E-state index in [1.807, 2.05) is 30.3 Å². The van der Waals surface area contributed by atoms with E-state index in [9.17, 15) is 18.0 Å². The molecule has 1 aliphatic heterocycles.